The largest absolute Gasteiger partial charge is 0.351 e. The normalized spacial score (nSPS) is 15.1. The Labute approximate surface area is 212 Å². The highest BCUT2D eigenvalue weighted by molar-refractivity contribution is 7.11. The fraction of sp³-hybridized carbons (Fsp3) is 0.320. The number of rotatable bonds is 6. The Hall–Kier alpha value is -2.48. The number of amides is 2. The SMILES string of the molecule is Cc1ccc(N(C(=O)c2nsc(Cl)c2Cl)[C@@H](C(=O)NC2CCCCC2)c2ccc(F)cc2)cc1. The third-order valence-corrected chi connectivity index (χ3v) is 7.59. The molecule has 5 nitrogen and oxygen atoms in total. The van der Waals surface area contributed by atoms with Crippen molar-refractivity contribution in [3.8, 4) is 0 Å². The summed E-state index contributed by atoms with van der Waals surface area (Å²) in [5.41, 5.74) is 1.93. The smallest absolute Gasteiger partial charge is 0.280 e. The highest BCUT2D eigenvalue weighted by Gasteiger charge is 2.36. The van der Waals surface area contributed by atoms with Crippen molar-refractivity contribution in [2.75, 3.05) is 4.90 Å². The lowest BCUT2D eigenvalue weighted by molar-refractivity contribution is -0.123. The summed E-state index contributed by atoms with van der Waals surface area (Å²) in [6.45, 7) is 1.93. The molecule has 3 aromatic rings. The second-order valence-corrected chi connectivity index (χ2v) is 10.2. The number of hydrogen-bond acceptors (Lipinski definition) is 4. The van der Waals surface area contributed by atoms with Gasteiger partial charge in [-0.05, 0) is 61.1 Å². The number of aromatic nitrogens is 1. The molecule has 4 rings (SSSR count). The highest BCUT2D eigenvalue weighted by Crippen LogP contribution is 2.35. The van der Waals surface area contributed by atoms with E-state index in [-0.39, 0.29) is 27.0 Å². The van der Waals surface area contributed by atoms with Gasteiger partial charge in [-0.1, -0.05) is 72.3 Å². The Morgan fingerprint density at radius 1 is 1.06 bits per heavy atom. The van der Waals surface area contributed by atoms with Crippen LogP contribution in [0.3, 0.4) is 0 Å². The van der Waals surface area contributed by atoms with Crippen LogP contribution in [0, 0.1) is 12.7 Å². The quantitative estimate of drug-likeness (QED) is 0.392. The van der Waals surface area contributed by atoms with Crippen molar-refractivity contribution >= 4 is 52.2 Å². The Morgan fingerprint density at radius 2 is 1.71 bits per heavy atom. The van der Waals surface area contributed by atoms with Crippen LogP contribution in [-0.2, 0) is 4.79 Å². The molecular weight excluding hydrogens is 496 g/mol. The third kappa shape index (κ3) is 5.43. The lowest BCUT2D eigenvalue weighted by atomic mass is 9.94. The van der Waals surface area contributed by atoms with Crippen molar-refractivity contribution in [3.63, 3.8) is 0 Å². The number of carbonyl (C=O) groups is 2. The molecule has 0 unspecified atom stereocenters. The summed E-state index contributed by atoms with van der Waals surface area (Å²) in [4.78, 5) is 28.9. The van der Waals surface area contributed by atoms with Gasteiger partial charge in [0.2, 0.25) is 5.91 Å². The molecule has 0 radical (unpaired) electrons. The zero-order valence-corrected chi connectivity index (χ0v) is 20.9. The van der Waals surface area contributed by atoms with Crippen LogP contribution >= 0.6 is 34.7 Å². The molecular formula is C25H24Cl2FN3O2S. The van der Waals surface area contributed by atoms with Crippen molar-refractivity contribution < 1.29 is 14.0 Å². The van der Waals surface area contributed by atoms with E-state index in [1.54, 1.807) is 12.1 Å². The van der Waals surface area contributed by atoms with Crippen LogP contribution in [0.25, 0.3) is 0 Å². The predicted octanol–water partition coefficient (Wildman–Crippen LogP) is 6.73. The molecule has 178 valence electrons. The van der Waals surface area contributed by atoms with Crippen LogP contribution in [-0.4, -0.2) is 22.2 Å². The van der Waals surface area contributed by atoms with Crippen molar-refractivity contribution in [1.29, 1.82) is 0 Å². The van der Waals surface area contributed by atoms with Gasteiger partial charge in [0.1, 0.15) is 21.2 Å². The summed E-state index contributed by atoms with van der Waals surface area (Å²) in [6, 6.07) is 11.8. The molecule has 1 atom stereocenters. The zero-order valence-electron chi connectivity index (χ0n) is 18.6. The van der Waals surface area contributed by atoms with E-state index >= 15 is 0 Å². The lowest BCUT2D eigenvalue weighted by Crippen LogP contribution is -2.47. The first kappa shape index (κ1) is 24.6. The minimum Gasteiger partial charge on any atom is -0.351 e. The Morgan fingerprint density at radius 3 is 2.29 bits per heavy atom. The van der Waals surface area contributed by atoms with E-state index in [0.29, 0.717) is 11.3 Å². The minimum absolute atomic E-state index is 0.0245. The summed E-state index contributed by atoms with van der Waals surface area (Å²) in [6.07, 6.45) is 4.99. The molecule has 2 aromatic carbocycles. The second-order valence-electron chi connectivity index (χ2n) is 8.43. The average Bonchev–Trinajstić information content (AvgIpc) is 3.17. The number of aryl methyl sites for hydroxylation is 1. The predicted molar refractivity (Wildman–Crippen MR) is 134 cm³/mol. The van der Waals surface area contributed by atoms with Gasteiger partial charge in [0.15, 0.2) is 5.69 Å². The first-order valence-electron chi connectivity index (χ1n) is 11.1. The summed E-state index contributed by atoms with van der Waals surface area (Å²) < 4.78 is 18.1. The van der Waals surface area contributed by atoms with E-state index < -0.39 is 17.8 Å². The molecule has 1 aliphatic carbocycles. The topological polar surface area (TPSA) is 62.3 Å². The fourth-order valence-corrected chi connectivity index (χ4v) is 5.17. The Kier molecular flexibility index (Phi) is 7.86. The van der Waals surface area contributed by atoms with Gasteiger partial charge < -0.3 is 5.32 Å². The van der Waals surface area contributed by atoms with Crippen molar-refractivity contribution in [3.05, 3.63) is 80.5 Å². The van der Waals surface area contributed by atoms with Crippen LogP contribution in [0.5, 0.6) is 0 Å². The lowest BCUT2D eigenvalue weighted by Gasteiger charge is -2.33. The van der Waals surface area contributed by atoms with Gasteiger partial charge in [-0.15, -0.1) is 0 Å². The number of halogens is 3. The number of nitrogens with zero attached hydrogens (tertiary/aromatic N) is 2. The van der Waals surface area contributed by atoms with Crippen LogP contribution in [0.15, 0.2) is 48.5 Å². The van der Waals surface area contributed by atoms with E-state index in [1.807, 2.05) is 19.1 Å². The second kappa shape index (κ2) is 10.8. The average molecular weight is 520 g/mol. The summed E-state index contributed by atoms with van der Waals surface area (Å²) >= 11 is 13.3. The number of carbonyl (C=O) groups excluding carboxylic acids is 2. The number of benzene rings is 2. The maximum atomic E-state index is 13.8. The van der Waals surface area contributed by atoms with E-state index in [2.05, 4.69) is 9.69 Å². The Balaban J connectivity index is 1.81. The van der Waals surface area contributed by atoms with Crippen LogP contribution in [0.2, 0.25) is 9.36 Å². The molecule has 0 bridgehead atoms. The molecule has 9 heteroatoms. The monoisotopic (exact) mass is 519 g/mol. The number of nitrogens with one attached hydrogen (secondary N) is 1. The maximum absolute atomic E-state index is 13.8. The zero-order chi connectivity index (χ0) is 24.2. The van der Waals surface area contributed by atoms with E-state index in [4.69, 9.17) is 23.2 Å². The van der Waals surface area contributed by atoms with E-state index in [0.717, 1.165) is 49.2 Å². The van der Waals surface area contributed by atoms with Crippen molar-refractivity contribution in [1.82, 2.24) is 9.69 Å². The van der Waals surface area contributed by atoms with Crippen molar-refractivity contribution in [2.24, 2.45) is 0 Å². The molecule has 0 aliphatic heterocycles. The molecule has 0 saturated heterocycles. The van der Waals surface area contributed by atoms with Gasteiger partial charge >= 0.3 is 0 Å². The van der Waals surface area contributed by atoms with Gasteiger partial charge in [0, 0.05) is 11.7 Å². The standard InChI is InChI=1S/C25H24Cl2FN3O2S/c1-15-7-13-19(14-8-15)31(25(33)21-20(26)23(27)34-30-21)22(16-9-11-17(28)12-10-16)24(32)29-18-5-3-2-4-6-18/h7-14,18,22H,2-6H2,1H3,(H,29,32)/t22-/m1/s1. The first-order chi connectivity index (χ1) is 16.3. The maximum Gasteiger partial charge on any atom is 0.280 e. The number of hydrogen-bond donors (Lipinski definition) is 1. The van der Waals surface area contributed by atoms with E-state index in [9.17, 15) is 14.0 Å². The summed E-state index contributed by atoms with van der Waals surface area (Å²) in [5.74, 6) is -1.34. The molecule has 1 N–H and O–H groups in total. The van der Waals surface area contributed by atoms with Crippen LogP contribution in [0.1, 0.15) is 59.8 Å². The molecule has 2 amide bonds. The molecule has 1 aromatic heterocycles. The molecule has 34 heavy (non-hydrogen) atoms. The van der Waals surface area contributed by atoms with Gasteiger partial charge in [0.05, 0.1) is 0 Å². The van der Waals surface area contributed by atoms with Crippen molar-refractivity contribution in [2.45, 2.75) is 51.1 Å². The van der Waals surface area contributed by atoms with Crippen LogP contribution in [0.4, 0.5) is 10.1 Å². The minimum atomic E-state index is -1.06. The van der Waals surface area contributed by atoms with Gasteiger partial charge in [-0.3, -0.25) is 14.5 Å². The molecule has 1 saturated carbocycles. The van der Waals surface area contributed by atoms with Gasteiger partial charge in [-0.2, -0.15) is 4.37 Å². The summed E-state index contributed by atoms with van der Waals surface area (Å²) in [5, 5.41) is 3.16. The van der Waals surface area contributed by atoms with E-state index in [1.165, 1.54) is 29.2 Å². The van der Waals surface area contributed by atoms with Gasteiger partial charge in [-0.25, -0.2) is 4.39 Å². The Bertz CT molecular complexity index is 1160. The fourth-order valence-electron chi connectivity index (χ4n) is 4.18. The van der Waals surface area contributed by atoms with Gasteiger partial charge in [0.25, 0.3) is 5.91 Å². The first-order valence-corrected chi connectivity index (χ1v) is 12.6. The third-order valence-electron chi connectivity index (χ3n) is 5.97. The molecule has 1 heterocycles. The number of anilines is 1. The molecule has 0 spiro atoms. The molecule has 1 aliphatic rings. The molecule has 1 fully saturated rings. The highest BCUT2D eigenvalue weighted by atomic mass is 35.5. The van der Waals surface area contributed by atoms with Crippen LogP contribution < -0.4 is 10.2 Å². The summed E-state index contributed by atoms with van der Waals surface area (Å²) in [7, 11) is 0.